The predicted molar refractivity (Wildman–Crippen MR) is 213 cm³/mol. The molecule has 8 aromatic carbocycles. The van der Waals surface area contributed by atoms with Crippen LogP contribution in [0, 0.1) is 0 Å². The summed E-state index contributed by atoms with van der Waals surface area (Å²) < 4.78 is 0. The lowest BCUT2D eigenvalue weighted by Gasteiger charge is -2.27. The number of rotatable bonds is 3. The molecule has 3 aliphatic carbocycles. The molecule has 240 valence electrons. The fourth-order valence-electron chi connectivity index (χ4n) is 9.95. The lowest BCUT2D eigenvalue weighted by atomic mass is 9.76. The summed E-state index contributed by atoms with van der Waals surface area (Å²) in [6.07, 6.45) is 0. The molecule has 0 aliphatic heterocycles. The van der Waals surface area contributed by atoms with Crippen molar-refractivity contribution >= 4 is 10.8 Å². The molecule has 0 radical (unpaired) electrons. The van der Waals surface area contributed by atoms with Crippen molar-refractivity contribution < 1.29 is 0 Å². The molecule has 3 aliphatic rings. The van der Waals surface area contributed by atoms with E-state index in [0.717, 1.165) is 0 Å². The minimum absolute atomic E-state index is 0.0792. The van der Waals surface area contributed by atoms with Crippen LogP contribution in [0.2, 0.25) is 0 Å². The lowest BCUT2D eigenvalue weighted by Crippen LogP contribution is -2.18. The summed E-state index contributed by atoms with van der Waals surface area (Å²) in [5, 5.41) is 2.58. The summed E-state index contributed by atoms with van der Waals surface area (Å²) in [6.45, 7) is 4.84. The molecular weight excluding hydrogens is 613 g/mol. The molecule has 0 saturated carbocycles. The first kappa shape index (κ1) is 28.8. The quantitative estimate of drug-likeness (QED) is 0.179. The van der Waals surface area contributed by atoms with Gasteiger partial charge in [0.1, 0.15) is 0 Å². The van der Waals surface area contributed by atoms with E-state index in [4.69, 9.17) is 0 Å². The van der Waals surface area contributed by atoms with E-state index in [2.05, 4.69) is 184 Å². The smallest absolute Gasteiger partial charge is 0.0355 e. The van der Waals surface area contributed by atoms with Crippen molar-refractivity contribution in [2.24, 2.45) is 0 Å². The average Bonchev–Trinajstić information content (AvgIpc) is 3.77. The second kappa shape index (κ2) is 10.5. The maximum Gasteiger partial charge on any atom is 0.0355 e. The number of benzene rings is 8. The van der Waals surface area contributed by atoms with Crippen LogP contribution in [-0.2, 0) is 5.41 Å². The zero-order chi connectivity index (χ0) is 33.8. The highest BCUT2D eigenvalue weighted by Gasteiger charge is 2.43. The standard InChI is InChI=1S/C51H36/c1-51(2)46-19-11-10-17-38(46)43-27-26-42-45-30-35(23-25-41(45)48(49(42)50(43)51)32-13-4-3-5-14-32)34-22-24-40-44(29-34)37-16-8-9-18-39(37)47(40)36-21-20-31-12-6-7-15-33(31)28-36/h3-30,47-48H,1-2H3. The Morgan fingerprint density at radius 1 is 0.373 bits per heavy atom. The summed E-state index contributed by atoms with van der Waals surface area (Å²) >= 11 is 0. The van der Waals surface area contributed by atoms with E-state index >= 15 is 0 Å². The second-order valence-corrected chi connectivity index (χ2v) is 15.2. The van der Waals surface area contributed by atoms with Gasteiger partial charge < -0.3 is 0 Å². The molecular formula is C51H36. The first-order valence-corrected chi connectivity index (χ1v) is 18.2. The van der Waals surface area contributed by atoms with Crippen LogP contribution < -0.4 is 0 Å². The first-order valence-electron chi connectivity index (χ1n) is 18.2. The van der Waals surface area contributed by atoms with Gasteiger partial charge in [0.25, 0.3) is 0 Å². The van der Waals surface area contributed by atoms with Crippen molar-refractivity contribution in [1.29, 1.82) is 0 Å². The van der Waals surface area contributed by atoms with Gasteiger partial charge in [0, 0.05) is 17.3 Å². The van der Waals surface area contributed by atoms with Crippen molar-refractivity contribution in [2.45, 2.75) is 31.1 Å². The van der Waals surface area contributed by atoms with Gasteiger partial charge in [-0.25, -0.2) is 0 Å². The van der Waals surface area contributed by atoms with Gasteiger partial charge in [-0.05, 0) is 112 Å². The van der Waals surface area contributed by atoms with E-state index in [9.17, 15) is 0 Å². The Bertz CT molecular complexity index is 2730. The van der Waals surface area contributed by atoms with Crippen LogP contribution in [0.15, 0.2) is 170 Å². The SMILES string of the molecule is CC1(C)c2ccccc2-c2ccc3c(c21)C(c1ccccc1)c1ccc(-c2ccc4c(c2)-c2ccccc2C4c2ccc4ccccc4c2)cc1-3. The van der Waals surface area contributed by atoms with E-state index in [-0.39, 0.29) is 17.3 Å². The zero-order valence-electron chi connectivity index (χ0n) is 28.8. The van der Waals surface area contributed by atoms with Crippen LogP contribution in [0.4, 0.5) is 0 Å². The second-order valence-electron chi connectivity index (χ2n) is 15.2. The molecule has 0 amide bonds. The Balaban J connectivity index is 1.07. The molecule has 0 bridgehead atoms. The van der Waals surface area contributed by atoms with Gasteiger partial charge in [-0.1, -0.05) is 172 Å². The van der Waals surface area contributed by atoms with Crippen molar-refractivity contribution in [3.05, 3.63) is 214 Å². The van der Waals surface area contributed by atoms with Crippen molar-refractivity contribution in [1.82, 2.24) is 0 Å². The van der Waals surface area contributed by atoms with Crippen molar-refractivity contribution in [3.63, 3.8) is 0 Å². The van der Waals surface area contributed by atoms with Crippen molar-refractivity contribution in [3.8, 4) is 44.5 Å². The summed E-state index contributed by atoms with van der Waals surface area (Å²) in [5.41, 5.74) is 22.0. The van der Waals surface area contributed by atoms with E-state index in [1.165, 1.54) is 99.8 Å². The molecule has 0 saturated heterocycles. The van der Waals surface area contributed by atoms with Crippen LogP contribution in [-0.4, -0.2) is 0 Å². The highest BCUT2D eigenvalue weighted by atomic mass is 14.5. The molecule has 0 spiro atoms. The Morgan fingerprint density at radius 3 is 1.78 bits per heavy atom. The monoisotopic (exact) mass is 648 g/mol. The molecule has 0 nitrogen and oxygen atoms in total. The molecule has 0 heterocycles. The maximum atomic E-state index is 2.47. The van der Waals surface area contributed by atoms with Crippen LogP contribution in [0.25, 0.3) is 55.3 Å². The van der Waals surface area contributed by atoms with Gasteiger partial charge in [0.15, 0.2) is 0 Å². The third-order valence-corrected chi connectivity index (χ3v) is 12.2. The number of fused-ring (bicyclic) bond motifs is 11. The third kappa shape index (κ3) is 4.02. The van der Waals surface area contributed by atoms with Gasteiger partial charge in [-0.15, -0.1) is 0 Å². The highest BCUT2D eigenvalue weighted by molar-refractivity contribution is 5.93. The molecule has 0 aromatic heterocycles. The van der Waals surface area contributed by atoms with E-state index < -0.39 is 0 Å². The van der Waals surface area contributed by atoms with Crippen LogP contribution >= 0.6 is 0 Å². The van der Waals surface area contributed by atoms with E-state index in [1.54, 1.807) is 0 Å². The minimum atomic E-state index is -0.0792. The van der Waals surface area contributed by atoms with Crippen LogP contribution in [0.5, 0.6) is 0 Å². The summed E-state index contributed by atoms with van der Waals surface area (Å²) in [6, 6.07) is 64.1. The highest BCUT2D eigenvalue weighted by Crippen LogP contribution is 2.59. The van der Waals surface area contributed by atoms with E-state index in [1.807, 2.05) is 0 Å². The molecule has 51 heavy (non-hydrogen) atoms. The Hall–Kier alpha value is -5.98. The lowest BCUT2D eigenvalue weighted by molar-refractivity contribution is 0.650. The van der Waals surface area contributed by atoms with Crippen LogP contribution in [0.3, 0.4) is 0 Å². The first-order chi connectivity index (χ1) is 25.1. The fraction of sp³-hybridized carbons (Fsp3) is 0.0980. The Kier molecular flexibility index (Phi) is 5.94. The Labute approximate surface area is 299 Å². The molecule has 0 heteroatoms. The van der Waals surface area contributed by atoms with Gasteiger partial charge in [0.05, 0.1) is 0 Å². The number of hydrogen-bond acceptors (Lipinski definition) is 0. The van der Waals surface area contributed by atoms with Crippen LogP contribution in [0.1, 0.15) is 70.2 Å². The summed E-state index contributed by atoms with van der Waals surface area (Å²) in [4.78, 5) is 0. The minimum Gasteiger partial charge on any atom is -0.0622 e. The zero-order valence-corrected chi connectivity index (χ0v) is 28.8. The molecule has 0 N–H and O–H groups in total. The predicted octanol–water partition coefficient (Wildman–Crippen LogP) is 13.1. The maximum absolute atomic E-state index is 2.47. The van der Waals surface area contributed by atoms with Gasteiger partial charge in [-0.2, -0.15) is 0 Å². The molecule has 11 rings (SSSR count). The van der Waals surface area contributed by atoms with Gasteiger partial charge in [0.2, 0.25) is 0 Å². The van der Waals surface area contributed by atoms with E-state index in [0.29, 0.717) is 0 Å². The third-order valence-electron chi connectivity index (χ3n) is 12.2. The molecule has 8 aromatic rings. The Morgan fingerprint density at radius 2 is 0.980 bits per heavy atom. The van der Waals surface area contributed by atoms with Gasteiger partial charge in [-0.3, -0.25) is 0 Å². The molecule has 2 unspecified atom stereocenters. The van der Waals surface area contributed by atoms with Gasteiger partial charge >= 0.3 is 0 Å². The number of hydrogen-bond donors (Lipinski definition) is 0. The molecule has 2 atom stereocenters. The molecule has 0 fully saturated rings. The normalized spacial score (nSPS) is 17.0. The topological polar surface area (TPSA) is 0 Å². The largest absolute Gasteiger partial charge is 0.0622 e. The average molecular weight is 649 g/mol. The van der Waals surface area contributed by atoms with Crippen molar-refractivity contribution in [2.75, 3.05) is 0 Å². The summed E-state index contributed by atoms with van der Waals surface area (Å²) in [5.74, 6) is 0.423. The fourth-order valence-corrected chi connectivity index (χ4v) is 9.95. The summed E-state index contributed by atoms with van der Waals surface area (Å²) in [7, 11) is 0.